The molecule has 2 aromatic carbocycles. The van der Waals surface area contributed by atoms with Gasteiger partial charge >= 0.3 is 0 Å². The lowest BCUT2D eigenvalue weighted by molar-refractivity contribution is -0.0876. The van der Waals surface area contributed by atoms with Gasteiger partial charge in [-0.2, -0.15) is 0 Å². The monoisotopic (exact) mass is 561 g/mol. The molecule has 4 aromatic rings. The van der Waals surface area contributed by atoms with Crippen LogP contribution >= 0.6 is 35.3 Å². The minimum Gasteiger partial charge on any atom is -0.493 e. The number of morpholine rings is 1. The lowest BCUT2D eigenvalue weighted by atomic mass is 10.1. The van der Waals surface area contributed by atoms with Gasteiger partial charge in [-0.3, -0.25) is 14.3 Å². The molecule has 1 saturated heterocycles. The molecule has 0 saturated carbocycles. The van der Waals surface area contributed by atoms with Crippen LogP contribution in [-0.4, -0.2) is 60.0 Å². The van der Waals surface area contributed by atoms with E-state index in [4.69, 9.17) is 25.8 Å². The van der Waals surface area contributed by atoms with E-state index in [0.29, 0.717) is 39.0 Å². The highest BCUT2D eigenvalue weighted by molar-refractivity contribution is 7.21. The standard InChI is InChI=1S/C27H28ClN3O4S.ClH/c1-27(2)17-30(13-15-35-27)12-14-34-22-9-8-20(16-23(22)33-3)31-11-10-21-24(26(31)32)36-25(29-21)18-4-6-19(28)7-5-18;/h4-11,16H,12-15,17H2,1-3H3;1H. The number of hydrogen-bond donors (Lipinski definition) is 0. The summed E-state index contributed by atoms with van der Waals surface area (Å²) in [6.45, 7) is 8.03. The molecule has 0 radical (unpaired) electrons. The molecule has 0 unspecified atom stereocenters. The summed E-state index contributed by atoms with van der Waals surface area (Å²) in [5.41, 5.74) is 2.03. The van der Waals surface area contributed by atoms with Crippen molar-refractivity contribution in [2.24, 2.45) is 0 Å². The number of rotatable bonds is 7. The van der Waals surface area contributed by atoms with Gasteiger partial charge in [0.1, 0.15) is 16.3 Å². The number of thiazole rings is 1. The maximum absolute atomic E-state index is 13.3. The summed E-state index contributed by atoms with van der Waals surface area (Å²) in [4.78, 5) is 20.3. The van der Waals surface area contributed by atoms with Gasteiger partial charge in [-0.05, 0) is 44.2 Å². The highest BCUT2D eigenvalue weighted by atomic mass is 35.5. The molecule has 196 valence electrons. The quantitative estimate of drug-likeness (QED) is 0.289. The maximum atomic E-state index is 13.3. The van der Waals surface area contributed by atoms with Crippen LogP contribution in [0.3, 0.4) is 0 Å². The van der Waals surface area contributed by atoms with E-state index in [2.05, 4.69) is 23.7 Å². The number of nitrogens with zero attached hydrogens (tertiary/aromatic N) is 3. The van der Waals surface area contributed by atoms with Crippen LogP contribution in [0.25, 0.3) is 26.5 Å². The van der Waals surface area contributed by atoms with Crippen LogP contribution in [0.5, 0.6) is 11.5 Å². The topological polar surface area (TPSA) is 65.8 Å². The van der Waals surface area contributed by atoms with Crippen molar-refractivity contribution in [1.82, 2.24) is 14.5 Å². The van der Waals surface area contributed by atoms with Gasteiger partial charge in [-0.15, -0.1) is 23.7 Å². The van der Waals surface area contributed by atoms with Crippen LogP contribution < -0.4 is 15.0 Å². The Labute approximate surface area is 231 Å². The van der Waals surface area contributed by atoms with Crippen LogP contribution in [0.1, 0.15) is 13.8 Å². The van der Waals surface area contributed by atoms with Crippen molar-refractivity contribution < 1.29 is 14.2 Å². The number of halogens is 2. The van der Waals surface area contributed by atoms with Crippen LogP contribution in [0.4, 0.5) is 0 Å². The Bertz CT molecular complexity index is 1440. The minimum absolute atomic E-state index is 0. The fourth-order valence-electron chi connectivity index (χ4n) is 4.35. The molecule has 1 aliphatic rings. The molecule has 5 rings (SSSR count). The van der Waals surface area contributed by atoms with Crippen LogP contribution in [0, 0.1) is 0 Å². The van der Waals surface area contributed by atoms with E-state index in [-0.39, 0.29) is 23.6 Å². The van der Waals surface area contributed by atoms with Crippen molar-refractivity contribution >= 4 is 45.6 Å². The highest BCUT2D eigenvalue weighted by Crippen LogP contribution is 2.31. The molecule has 1 fully saturated rings. The summed E-state index contributed by atoms with van der Waals surface area (Å²) in [6.07, 6.45) is 1.74. The maximum Gasteiger partial charge on any atom is 0.274 e. The van der Waals surface area contributed by atoms with E-state index in [9.17, 15) is 4.79 Å². The third-order valence-corrected chi connectivity index (χ3v) is 7.49. The molecule has 0 aliphatic carbocycles. The highest BCUT2D eigenvalue weighted by Gasteiger charge is 2.26. The van der Waals surface area contributed by atoms with E-state index >= 15 is 0 Å². The van der Waals surface area contributed by atoms with Gasteiger partial charge in [-0.25, -0.2) is 4.98 Å². The van der Waals surface area contributed by atoms with Crippen LogP contribution in [0.15, 0.2) is 59.5 Å². The van der Waals surface area contributed by atoms with Gasteiger partial charge in [0, 0.05) is 42.5 Å². The van der Waals surface area contributed by atoms with Crippen LogP contribution in [0.2, 0.25) is 5.02 Å². The summed E-state index contributed by atoms with van der Waals surface area (Å²) >= 11 is 7.38. The molecular weight excluding hydrogens is 533 g/mol. The van der Waals surface area contributed by atoms with Crippen molar-refractivity contribution in [3.8, 4) is 27.8 Å². The molecule has 0 spiro atoms. The second-order valence-corrected chi connectivity index (χ2v) is 10.7. The van der Waals surface area contributed by atoms with Crippen LogP contribution in [-0.2, 0) is 4.74 Å². The summed E-state index contributed by atoms with van der Waals surface area (Å²) in [5.74, 6) is 1.22. The molecule has 0 bridgehead atoms. The fraction of sp³-hybridized carbons (Fsp3) is 0.333. The lowest BCUT2D eigenvalue weighted by Crippen LogP contribution is -2.49. The molecule has 7 nitrogen and oxygen atoms in total. The zero-order valence-electron chi connectivity index (χ0n) is 20.9. The first-order valence-corrected chi connectivity index (χ1v) is 13.0. The Kier molecular flexibility index (Phi) is 8.46. The molecule has 3 heterocycles. The van der Waals surface area contributed by atoms with Crippen molar-refractivity contribution in [2.75, 3.05) is 40.0 Å². The molecule has 0 atom stereocenters. The Balaban J connectivity index is 0.00000320. The smallest absolute Gasteiger partial charge is 0.274 e. The molecule has 0 N–H and O–H groups in total. The number of fused-ring (bicyclic) bond motifs is 1. The Morgan fingerprint density at radius 2 is 1.92 bits per heavy atom. The average molecular weight is 563 g/mol. The Morgan fingerprint density at radius 3 is 2.65 bits per heavy atom. The Morgan fingerprint density at radius 1 is 1.14 bits per heavy atom. The minimum atomic E-state index is -0.139. The third-order valence-electron chi connectivity index (χ3n) is 6.13. The predicted molar refractivity (Wildman–Crippen MR) is 151 cm³/mol. The van der Waals surface area contributed by atoms with E-state index in [1.54, 1.807) is 17.9 Å². The van der Waals surface area contributed by atoms with Gasteiger partial charge in [0.2, 0.25) is 0 Å². The number of ether oxygens (including phenoxy) is 3. The van der Waals surface area contributed by atoms with Gasteiger partial charge in [0.25, 0.3) is 5.56 Å². The first kappa shape index (κ1) is 27.4. The zero-order valence-corrected chi connectivity index (χ0v) is 23.3. The molecule has 0 amide bonds. The van der Waals surface area contributed by atoms with Gasteiger partial charge in [0.05, 0.1) is 30.5 Å². The van der Waals surface area contributed by atoms with E-state index < -0.39 is 0 Å². The molecule has 1 aliphatic heterocycles. The number of aromatic nitrogens is 2. The number of hydrogen-bond acceptors (Lipinski definition) is 7. The lowest BCUT2D eigenvalue weighted by Gasteiger charge is -2.38. The summed E-state index contributed by atoms with van der Waals surface area (Å²) in [7, 11) is 1.60. The summed E-state index contributed by atoms with van der Waals surface area (Å²) in [6, 6.07) is 14.8. The third kappa shape index (κ3) is 6.10. The second kappa shape index (κ2) is 11.4. The summed E-state index contributed by atoms with van der Waals surface area (Å²) in [5, 5.41) is 1.44. The summed E-state index contributed by atoms with van der Waals surface area (Å²) < 4.78 is 19.6. The normalized spacial score (nSPS) is 15.4. The SMILES string of the molecule is COc1cc(-n2ccc3nc(-c4ccc(Cl)cc4)sc3c2=O)ccc1OCCN1CCOC(C)(C)C1.Cl. The Hall–Kier alpha value is -2.62. The number of benzene rings is 2. The first-order valence-electron chi connectivity index (χ1n) is 11.8. The largest absolute Gasteiger partial charge is 0.493 e. The van der Waals surface area contributed by atoms with Crippen molar-refractivity contribution in [2.45, 2.75) is 19.4 Å². The number of methoxy groups -OCH3 is 1. The van der Waals surface area contributed by atoms with E-state index in [0.717, 1.165) is 36.8 Å². The van der Waals surface area contributed by atoms with Gasteiger partial charge in [0.15, 0.2) is 11.5 Å². The van der Waals surface area contributed by atoms with E-state index in [1.165, 1.54) is 11.3 Å². The molecule has 10 heteroatoms. The molecule has 37 heavy (non-hydrogen) atoms. The van der Waals surface area contributed by atoms with Gasteiger partial charge in [-0.1, -0.05) is 23.7 Å². The molecule has 2 aromatic heterocycles. The van der Waals surface area contributed by atoms with Crippen molar-refractivity contribution in [3.05, 3.63) is 70.1 Å². The fourth-order valence-corrected chi connectivity index (χ4v) is 5.48. The average Bonchev–Trinajstić information content (AvgIpc) is 3.30. The predicted octanol–water partition coefficient (Wildman–Crippen LogP) is 5.69. The van der Waals surface area contributed by atoms with Crippen molar-refractivity contribution in [1.29, 1.82) is 0 Å². The zero-order chi connectivity index (χ0) is 25.3. The number of pyridine rings is 1. The van der Waals surface area contributed by atoms with E-state index in [1.807, 2.05) is 48.5 Å². The van der Waals surface area contributed by atoms with Gasteiger partial charge < -0.3 is 14.2 Å². The second-order valence-electron chi connectivity index (χ2n) is 9.30. The first-order chi connectivity index (χ1) is 17.3. The van der Waals surface area contributed by atoms with Crippen molar-refractivity contribution in [3.63, 3.8) is 0 Å². The molecular formula is C27H29Cl2N3O4S.